The fourth-order valence-corrected chi connectivity index (χ4v) is 2.26. The van der Waals surface area contributed by atoms with Gasteiger partial charge < -0.3 is 25.4 Å². The van der Waals surface area contributed by atoms with Gasteiger partial charge in [-0.05, 0) is 13.8 Å². The van der Waals surface area contributed by atoms with Crippen LogP contribution in [0.25, 0.3) is 11.2 Å². The second-order valence-corrected chi connectivity index (χ2v) is 5.16. The van der Waals surface area contributed by atoms with Crippen molar-refractivity contribution in [3.63, 3.8) is 0 Å². The first-order valence-corrected chi connectivity index (χ1v) is 7.68. The van der Waals surface area contributed by atoms with Crippen LogP contribution in [0.2, 0.25) is 0 Å². The van der Waals surface area contributed by atoms with Gasteiger partial charge in [0.2, 0.25) is 11.8 Å². The quantitative estimate of drug-likeness (QED) is 0.583. The summed E-state index contributed by atoms with van der Waals surface area (Å²) >= 11 is 5.96. The van der Waals surface area contributed by atoms with Crippen LogP contribution in [0.4, 0.5) is 5.95 Å². The summed E-state index contributed by atoms with van der Waals surface area (Å²) in [5.74, 6) is 0.365. The molecule has 10 heteroatoms. The van der Waals surface area contributed by atoms with Crippen molar-refractivity contribution in [1.29, 1.82) is 0 Å². The average molecular weight is 346 g/mol. The maximum atomic E-state index is 9.61. The number of aliphatic hydroxyl groups is 2. The van der Waals surface area contributed by atoms with E-state index in [0.717, 1.165) is 0 Å². The number of rotatable bonds is 8. The maximum absolute atomic E-state index is 9.61. The van der Waals surface area contributed by atoms with Gasteiger partial charge in [-0.1, -0.05) is 0 Å². The molecule has 0 bridgehead atoms. The monoisotopic (exact) mass is 345 g/mol. The number of nitrogens with two attached hydrogens (primary N) is 1. The van der Waals surface area contributed by atoms with Crippen LogP contribution in [0.5, 0.6) is 5.88 Å². The summed E-state index contributed by atoms with van der Waals surface area (Å²) in [7, 11) is 0. The van der Waals surface area contributed by atoms with Crippen molar-refractivity contribution >= 4 is 28.7 Å². The number of nitrogens with zero attached hydrogens (tertiary/aromatic N) is 4. The molecule has 4 N–H and O–H groups in total. The first-order valence-electron chi connectivity index (χ1n) is 7.15. The van der Waals surface area contributed by atoms with Crippen LogP contribution in [0.1, 0.15) is 20.1 Å². The Kier molecular flexibility index (Phi) is 5.94. The van der Waals surface area contributed by atoms with Crippen LogP contribution in [0, 0.1) is 0 Å². The Bertz CT molecular complexity index is 651. The van der Waals surface area contributed by atoms with Gasteiger partial charge in [-0.15, -0.1) is 11.6 Å². The summed E-state index contributed by atoms with van der Waals surface area (Å²) in [6.45, 7) is 3.40. The Morgan fingerprint density at radius 1 is 1.43 bits per heavy atom. The zero-order chi connectivity index (χ0) is 17.0. The summed E-state index contributed by atoms with van der Waals surface area (Å²) in [6.07, 6.45) is -0.872. The molecule has 0 fully saturated rings. The molecule has 128 valence electrons. The van der Waals surface area contributed by atoms with Crippen molar-refractivity contribution in [2.24, 2.45) is 0 Å². The predicted octanol–water partition coefficient (Wildman–Crippen LogP) is 0.303. The van der Waals surface area contributed by atoms with E-state index < -0.39 is 18.4 Å². The number of aromatic nitrogens is 4. The summed E-state index contributed by atoms with van der Waals surface area (Å²) < 4.78 is 12.6. The van der Waals surface area contributed by atoms with Crippen molar-refractivity contribution < 1.29 is 19.7 Å². The van der Waals surface area contributed by atoms with Crippen LogP contribution in [0.3, 0.4) is 0 Å². The summed E-state index contributed by atoms with van der Waals surface area (Å²) in [5, 5.41) is 18.9. The molecule has 0 radical (unpaired) electrons. The van der Waals surface area contributed by atoms with Crippen molar-refractivity contribution in [3.8, 4) is 5.88 Å². The Labute approximate surface area is 138 Å². The van der Waals surface area contributed by atoms with Gasteiger partial charge in [-0.3, -0.25) is 4.57 Å². The minimum atomic E-state index is -0.862. The van der Waals surface area contributed by atoms with E-state index in [0.29, 0.717) is 17.8 Å². The number of ether oxygens (including phenoxy) is 2. The highest BCUT2D eigenvalue weighted by molar-refractivity contribution is 6.18. The van der Waals surface area contributed by atoms with Crippen molar-refractivity contribution in [3.05, 3.63) is 6.33 Å². The number of hydrogen-bond donors (Lipinski definition) is 3. The van der Waals surface area contributed by atoms with Gasteiger partial charge in [0, 0.05) is 0 Å². The summed E-state index contributed by atoms with van der Waals surface area (Å²) in [5.41, 5.74) is 6.53. The first kappa shape index (κ1) is 17.7. The van der Waals surface area contributed by atoms with Gasteiger partial charge in [0.1, 0.15) is 6.10 Å². The molecule has 2 aromatic heterocycles. The molecule has 2 aromatic rings. The highest BCUT2D eigenvalue weighted by atomic mass is 35.5. The third-order valence-corrected chi connectivity index (χ3v) is 3.44. The molecular formula is C13H20ClN5O4. The van der Waals surface area contributed by atoms with Crippen LogP contribution in [-0.4, -0.2) is 61.0 Å². The van der Waals surface area contributed by atoms with Crippen LogP contribution < -0.4 is 10.5 Å². The van der Waals surface area contributed by atoms with E-state index in [4.69, 9.17) is 26.8 Å². The highest BCUT2D eigenvalue weighted by Crippen LogP contribution is 2.26. The molecule has 0 unspecified atom stereocenters. The average Bonchev–Trinajstić information content (AvgIpc) is 2.92. The summed E-state index contributed by atoms with van der Waals surface area (Å²) in [4.78, 5) is 12.4. The smallest absolute Gasteiger partial charge is 0.247 e. The molecule has 23 heavy (non-hydrogen) atoms. The van der Waals surface area contributed by atoms with Gasteiger partial charge in [-0.2, -0.15) is 9.97 Å². The molecule has 2 heterocycles. The molecule has 2 rings (SSSR count). The van der Waals surface area contributed by atoms with Crippen molar-refractivity contribution in [2.75, 3.05) is 24.8 Å². The number of nitrogen functional groups attached to an aromatic ring is 1. The van der Waals surface area contributed by atoms with Crippen molar-refractivity contribution in [2.45, 2.75) is 32.3 Å². The second kappa shape index (κ2) is 7.73. The zero-order valence-corrected chi connectivity index (χ0v) is 13.6. The van der Waals surface area contributed by atoms with E-state index >= 15 is 0 Å². The SMILES string of the molecule is CCOc1nc(N)nc2c1ncn2[C@@H](CCl)O[C@H](CO)[C@H](C)O. The van der Waals surface area contributed by atoms with E-state index in [2.05, 4.69) is 15.0 Å². The lowest BCUT2D eigenvalue weighted by atomic mass is 10.2. The molecular weight excluding hydrogens is 326 g/mol. The Hall–Kier alpha value is -1.68. The predicted molar refractivity (Wildman–Crippen MR) is 84.3 cm³/mol. The third-order valence-electron chi connectivity index (χ3n) is 3.18. The Morgan fingerprint density at radius 2 is 2.17 bits per heavy atom. The van der Waals surface area contributed by atoms with E-state index in [1.54, 1.807) is 4.57 Å². The minimum absolute atomic E-state index is 0.0326. The molecule has 0 saturated heterocycles. The van der Waals surface area contributed by atoms with E-state index in [-0.39, 0.29) is 24.3 Å². The van der Waals surface area contributed by atoms with Gasteiger partial charge in [0.05, 0.1) is 31.5 Å². The van der Waals surface area contributed by atoms with Crippen LogP contribution >= 0.6 is 11.6 Å². The molecule has 3 atom stereocenters. The Balaban J connectivity index is 2.41. The lowest BCUT2D eigenvalue weighted by Gasteiger charge is -2.25. The van der Waals surface area contributed by atoms with E-state index in [9.17, 15) is 10.2 Å². The van der Waals surface area contributed by atoms with Gasteiger partial charge >= 0.3 is 0 Å². The highest BCUT2D eigenvalue weighted by Gasteiger charge is 2.24. The lowest BCUT2D eigenvalue weighted by Crippen LogP contribution is -2.33. The van der Waals surface area contributed by atoms with E-state index in [1.807, 2.05) is 6.92 Å². The topological polar surface area (TPSA) is 129 Å². The number of aliphatic hydroxyl groups excluding tert-OH is 2. The van der Waals surface area contributed by atoms with E-state index in [1.165, 1.54) is 13.3 Å². The number of fused-ring (bicyclic) bond motifs is 1. The Morgan fingerprint density at radius 3 is 2.74 bits per heavy atom. The molecule has 9 nitrogen and oxygen atoms in total. The first-order chi connectivity index (χ1) is 11.0. The molecule has 0 aliphatic carbocycles. The number of alkyl halides is 1. The van der Waals surface area contributed by atoms with Crippen LogP contribution in [0.15, 0.2) is 6.33 Å². The van der Waals surface area contributed by atoms with Gasteiger partial charge in [0.25, 0.3) is 0 Å². The lowest BCUT2D eigenvalue weighted by molar-refractivity contribution is -0.109. The number of hydrogen-bond acceptors (Lipinski definition) is 8. The third kappa shape index (κ3) is 3.81. The standard InChI is InChI=1S/C13H20ClN5O4/c1-3-22-12-10-11(17-13(15)18-12)19(6-16-10)9(4-14)23-8(5-20)7(2)21/h6-9,20-21H,3-5H2,1-2H3,(H2,15,17,18)/t7-,8+,9+/m0/s1. The fourth-order valence-electron chi connectivity index (χ4n) is 2.04. The second-order valence-electron chi connectivity index (χ2n) is 4.85. The number of halogens is 1. The number of imidazole rings is 1. The largest absolute Gasteiger partial charge is 0.476 e. The molecule has 0 saturated carbocycles. The molecule has 0 aliphatic heterocycles. The van der Waals surface area contributed by atoms with Gasteiger partial charge in [-0.25, -0.2) is 4.98 Å². The molecule has 0 aliphatic rings. The zero-order valence-electron chi connectivity index (χ0n) is 12.9. The fraction of sp³-hybridized carbons (Fsp3) is 0.615. The normalized spacial score (nSPS) is 15.5. The molecule has 0 spiro atoms. The molecule has 0 amide bonds. The van der Waals surface area contributed by atoms with Crippen LogP contribution in [-0.2, 0) is 4.74 Å². The summed E-state index contributed by atoms with van der Waals surface area (Å²) in [6, 6.07) is 0. The number of anilines is 1. The maximum Gasteiger partial charge on any atom is 0.247 e. The minimum Gasteiger partial charge on any atom is -0.476 e. The molecule has 0 aromatic carbocycles. The van der Waals surface area contributed by atoms with Crippen molar-refractivity contribution in [1.82, 2.24) is 19.5 Å². The van der Waals surface area contributed by atoms with Gasteiger partial charge in [0.15, 0.2) is 17.4 Å².